The number of nitrogens with one attached hydrogen (secondary N) is 1. The summed E-state index contributed by atoms with van der Waals surface area (Å²) in [5.74, 6) is -1.26. The van der Waals surface area contributed by atoms with Crippen LogP contribution in [0.4, 0.5) is 18.0 Å². The lowest BCUT2D eigenvalue weighted by Crippen LogP contribution is -2.55. The van der Waals surface area contributed by atoms with E-state index in [-0.39, 0.29) is 25.3 Å². The minimum Gasteiger partial charge on any atom is -0.332 e. The number of alkyl halides is 3. The Kier molecular flexibility index (Phi) is 6.63. The fourth-order valence-electron chi connectivity index (χ4n) is 3.92. The number of sulfone groups is 1. The van der Waals surface area contributed by atoms with E-state index in [1.54, 1.807) is 6.92 Å². The van der Waals surface area contributed by atoms with Crippen molar-refractivity contribution in [3.63, 3.8) is 0 Å². The lowest BCUT2D eigenvalue weighted by atomic mass is 9.83. The van der Waals surface area contributed by atoms with Gasteiger partial charge in [-0.25, -0.2) is 13.2 Å². The van der Waals surface area contributed by atoms with E-state index < -0.39 is 40.0 Å². The molecule has 5 nitrogen and oxygen atoms in total. The minimum absolute atomic E-state index is 0.0465. The molecule has 0 aromatic rings. The van der Waals surface area contributed by atoms with Gasteiger partial charge in [-0.05, 0) is 38.5 Å². The van der Waals surface area contributed by atoms with Crippen LogP contribution in [0.25, 0.3) is 0 Å². The van der Waals surface area contributed by atoms with Crippen molar-refractivity contribution in [2.45, 2.75) is 63.7 Å². The van der Waals surface area contributed by atoms with Crippen molar-refractivity contribution in [2.75, 3.05) is 12.8 Å². The molecule has 2 rings (SSSR count). The summed E-state index contributed by atoms with van der Waals surface area (Å²) < 4.78 is 61.8. The Morgan fingerprint density at radius 1 is 1.23 bits per heavy atom. The lowest BCUT2D eigenvalue weighted by molar-refractivity contribution is -0.189. The summed E-state index contributed by atoms with van der Waals surface area (Å²) in [7, 11) is -3.30. The van der Waals surface area contributed by atoms with Gasteiger partial charge < -0.3 is 10.2 Å². The van der Waals surface area contributed by atoms with E-state index in [4.69, 9.17) is 0 Å². The number of amides is 2. The zero-order valence-electron chi connectivity index (χ0n) is 15.1. The van der Waals surface area contributed by atoms with Gasteiger partial charge in [0, 0.05) is 30.3 Å². The summed E-state index contributed by atoms with van der Waals surface area (Å²) in [6.45, 7) is 1.70. The molecular weight excluding hydrogens is 369 g/mol. The zero-order chi connectivity index (χ0) is 19.5. The number of carbonyl (C=O) groups is 1. The maximum Gasteiger partial charge on any atom is 0.391 e. The Morgan fingerprint density at radius 3 is 2.38 bits per heavy atom. The quantitative estimate of drug-likeness (QED) is 0.791. The molecule has 0 aromatic carbocycles. The fraction of sp³-hybridized carbons (Fsp3) is 0.824. The first-order valence-corrected chi connectivity index (χ1v) is 10.9. The van der Waals surface area contributed by atoms with Gasteiger partial charge in [-0.1, -0.05) is 18.9 Å². The molecule has 1 aliphatic heterocycles. The van der Waals surface area contributed by atoms with Crippen LogP contribution in [0.1, 0.15) is 45.4 Å². The average molecular weight is 396 g/mol. The Labute approximate surface area is 152 Å². The van der Waals surface area contributed by atoms with E-state index in [1.807, 2.05) is 0 Å². The second-order valence-corrected chi connectivity index (χ2v) is 9.40. The summed E-state index contributed by atoms with van der Waals surface area (Å²) in [5.41, 5.74) is 0. The number of hydrogen-bond acceptors (Lipinski definition) is 3. The number of halogens is 3. The Bertz CT molecular complexity index is 628. The minimum atomic E-state index is -4.23. The van der Waals surface area contributed by atoms with Crippen molar-refractivity contribution >= 4 is 15.9 Å². The van der Waals surface area contributed by atoms with Crippen molar-refractivity contribution in [1.82, 2.24) is 10.2 Å². The number of urea groups is 1. The first-order valence-electron chi connectivity index (χ1n) is 8.99. The van der Waals surface area contributed by atoms with Crippen LogP contribution in [-0.2, 0) is 9.84 Å². The number of rotatable bonds is 4. The molecule has 2 aliphatic rings. The van der Waals surface area contributed by atoms with Crippen molar-refractivity contribution < 1.29 is 26.4 Å². The van der Waals surface area contributed by atoms with E-state index >= 15 is 0 Å². The van der Waals surface area contributed by atoms with Crippen LogP contribution in [0, 0.1) is 11.8 Å². The van der Waals surface area contributed by atoms with Crippen molar-refractivity contribution in [1.29, 1.82) is 0 Å². The Morgan fingerprint density at radius 2 is 1.85 bits per heavy atom. The molecule has 1 unspecified atom stereocenters. The topological polar surface area (TPSA) is 66.5 Å². The summed E-state index contributed by atoms with van der Waals surface area (Å²) in [6, 6.07) is -1.36. The molecule has 0 aromatic heterocycles. The van der Waals surface area contributed by atoms with Gasteiger partial charge >= 0.3 is 12.2 Å². The number of likely N-dealkylation sites (tertiary alicyclic amines) is 1. The van der Waals surface area contributed by atoms with Gasteiger partial charge in [0.05, 0.1) is 5.92 Å². The molecule has 0 spiro atoms. The molecule has 1 heterocycles. The Hall–Kier alpha value is -1.25. The molecule has 1 saturated heterocycles. The molecule has 2 fully saturated rings. The summed E-state index contributed by atoms with van der Waals surface area (Å²) >= 11 is 0. The SMILES string of the molecule is CC(/C=C/S(C)(=O)=O)NC(=O)N1CC[C@@H](C(F)(F)F)C[C@H]1C1CCCC1. The molecule has 0 bridgehead atoms. The molecular formula is C17H27F3N2O3S. The van der Waals surface area contributed by atoms with Crippen molar-refractivity contribution in [3.8, 4) is 0 Å². The highest BCUT2D eigenvalue weighted by atomic mass is 32.2. The van der Waals surface area contributed by atoms with Crippen LogP contribution < -0.4 is 5.32 Å². The van der Waals surface area contributed by atoms with E-state index in [0.29, 0.717) is 0 Å². The van der Waals surface area contributed by atoms with E-state index in [9.17, 15) is 26.4 Å². The number of hydrogen-bond donors (Lipinski definition) is 1. The first kappa shape index (κ1) is 21.1. The number of piperidine rings is 1. The normalized spacial score (nSPS) is 27.0. The second kappa shape index (κ2) is 8.19. The van der Waals surface area contributed by atoms with Gasteiger partial charge in [-0.15, -0.1) is 0 Å². The maximum atomic E-state index is 13.2. The van der Waals surface area contributed by atoms with Crippen molar-refractivity contribution in [2.24, 2.45) is 11.8 Å². The second-order valence-electron chi connectivity index (χ2n) is 7.46. The van der Waals surface area contributed by atoms with Gasteiger partial charge in [-0.3, -0.25) is 0 Å². The van der Waals surface area contributed by atoms with Crippen LogP contribution in [0.3, 0.4) is 0 Å². The molecule has 3 atom stereocenters. The van der Waals surface area contributed by atoms with Gasteiger partial charge in [0.15, 0.2) is 9.84 Å². The molecule has 1 aliphatic carbocycles. The van der Waals surface area contributed by atoms with E-state index in [1.165, 1.54) is 11.0 Å². The first-order chi connectivity index (χ1) is 12.0. The van der Waals surface area contributed by atoms with Gasteiger partial charge in [-0.2, -0.15) is 13.2 Å². The van der Waals surface area contributed by atoms with Gasteiger partial charge in [0.25, 0.3) is 0 Å². The lowest BCUT2D eigenvalue weighted by Gasteiger charge is -2.43. The van der Waals surface area contributed by atoms with Crippen LogP contribution in [0.2, 0.25) is 0 Å². The molecule has 26 heavy (non-hydrogen) atoms. The molecule has 150 valence electrons. The third-order valence-electron chi connectivity index (χ3n) is 5.28. The highest BCUT2D eigenvalue weighted by Crippen LogP contribution is 2.42. The zero-order valence-corrected chi connectivity index (χ0v) is 15.9. The third kappa shape index (κ3) is 5.89. The summed E-state index contributed by atoms with van der Waals surface area (Å²) in [5, 5.41) is 3.70. The standard InChI is InChI=1S/C17H27F3N2O3S/c1-12(8-10-26(2,24)25)21-16(23)22-9-7-14(17(18,19)20)11-15(22)13-5-3-4-6-13/h8,10,12-15H,3-7,9,11H2,1-2H3,(H,21,23)/b10-8+/t12?,14-,15+/m1/s1. The molecule has 1 saturated carbocycles. The number of carbonyl (C=O) groups excluding carboxylic acids is 1. The molecule has 2 amide bonds. The molecule has 9 heteroatoms. The predicted octanol–water partition coefficient (Wildman–Crippen LogP) is 3.48. The average Bonchev–Trinajstić information content (AvgIpc) is 3.05. The summed E-state index contributed by atoms with van der Waals surface area (Å²) in [6.07, 6.45) is 1.72. The Balaban J connectivity index is 2.07. The highest BCUT2D eigenvalue weighted by Gasteiger charge is 2.47. The molecule has 1 N–H and O–H groups in total. The van der Waals surface area contributed by atoms with E-state index in [0.717, 1.165) is 37.3 Å². The highest BCUT2D eigenvalue weighted by molar-refractivity contribution is 7.93. The monoisotopic (exact) mass is 396 g/mol. The van der Waals surface area contributed by atoms with E-state index in [2.05, 4.69) is 5.32 Å². The van der Waals surface area contributed by atoms with Gasteiger partial charge in [0.1, 0.15) is 0 Å². The van der Waals surface area contributed by atoms with Crippen LogP contribution in [0.5, 0.6) is 0 Å². The van der Waals surface area contributed by atoms with Crippen molar-refractivity contribution in [3.05, 3.63) is 11.5 Å². The maximum absolute atomic E-state index is 13.2. The van der Waals surface area contributed by atoms with Crippen LogP contribution in [-0.4, -0.2) is 50.4 Å². The molecule has 0 radical (unpaired) electrons. The third-order valence-corrected chi connectivity index (χ3v) is 5.93. The van der Waals surface area contributed by atoms with Crippen LogP contribution >= 0.6 is 0 Å². The fourth-order valence-corrected chi connectivity index (χ4v) is 4.44. The number of nitrogens with zero attached hydrogens (tertiary/aromatic N) is 1. The summed E-state index contributed by atoms with van der Waals surface area (Å²) in [4.78, 5) is 14.1. The predicted molar refractivity (Wildman–Crippen MR) is 93.2 cm³/mol. The van der Waals surface area contributed by atoms with Crippen LogP contribution in [0.15, 0.2) is 11.5 Å². The largest absolute Gasteiger partial charge is 0.391 e. The van der Waals surface area contributed by atoms with Gasteiger partial charge in [0.2, 0.25) is 0 Å². The smallest absolute Gasteiger partial charge is 0.332 e.